The quantitative estimate of drug-likeness (QED) is 0.430. The van der Waals surface area contributed by atoms with Crippen LogP contribution in [0.25, 0.3) is 10.4 Å². The summed E-state index contributed by atoms with van der Waals surface area (Å²) >= 11 is 0. The third-order valence-corrected chi connectivity index (χ3v) is 3.41. The lowest BCUT2D eigenvalue weighted by molar-refractivity contribution is 0.0285. The van der Waals surface area contributed by atoms with Gasteiger partial charge in [0, 0.05) is 18.0 Å². The molecule has 2 atom stereocenters. The number of nitrogens with zero attached hydrogens (tertiary/aromatic N) is 4. The molecule has 1 amide bonds. The lowest BCUT2D eigenvalue weighted by Gasteiger charge is -2.24. The van der Waals surface area contributed by atoms with Crippen molar-refractivity contribution in [3.05, 3.63) is 10.4 Å². The summed E-state index contributed by atoms with van der Waals surface area (Å²) in [5.41, 5.74) is 8.10. The molecule has 18 heavy (non-hydrogen) atoms. The van der Waals surface area contributed by atoms with Gasteiger partial charge in [0.25, 0.3) is 0 Å². The lowest BCUT2D eigenvalue weighted by atomic mass is 9.99. The van der Waals surface area contributed by atoms with Crippen LogP contribution in [0.2, 0.25) is 0 Å². The van der Waals surface area contributed by atoms with Gasteiger partial charge in [-0.3, -0.25) is 0 Å². The van der Waals surface area contributed by atoms with Crippen LogP contribution >= 0.6 is 0 Å². The van der Waals surface area contributed by atoms with E-state index in [9.17, 15) is 4.79 Å². The number of carbonyl (C=O) groups is 1. The van der Waals surface area contributed by atoms with E-state index in [4.69, 9.17) is 10.3 Å². The molecule has 1 saturated heterocycles. The standard InChI is InChI=1S/C12H20N4O2/c1-12(2,3)18-11(17)16-6-9(8-4-5-8)10(7-16)14-15-13/h8-10H,4-7H2,1-3H3/t9-,10+/m0/s1. The van der Waals surface area contributed by atoms with E-state index in [1.165, 1.54) is 12.8 Å². The molecule has 0 radical (unpaired) electrons. The van der Waals surface area contributed by atoms with Crippen molar-refractivity contribution in [1.82, 2.24) is 4.90 Å². The molecule has 6 heteroatoms. The molecule has 0 aromatic carbocycles. The van der Waals surface area contributed by atoms with Gasteiger partial charge in [-0.1, -0.05) is 5.11 Å². The highest BCUT2D eigenvalue weighted by Crippen LogP contribution is 2.42. The van der Waals surface area contributed by atoms with E-state index in [0.717, 1.165) is 0 Å². The molecule has 1 aliphatic heterocycles. The van der Waals surface area contributed by atoms with Crippen molar-refractivity contribution in [3.63, 3.8) is 0 Å². The van der Waals surface area contributed by atoms with Crippen LogP contribution in [0.3, 0.4) is 0 Å². The van der Waals surface area contributed by atoms with Gasteiger partial charge in [0.2, 0.25) is 0 Å². The van der Waals surface area contributed by atoms with Crippen molar-refractivity contribution in [2.45, 2.75) is 45.3 Å². The molecule has 100 valence electrons. The third-order valence-electron chi connectivity index (χ3n) is 3.41. The minimum atomic E-state index is -0.483. The molecule has 0 bridgehead atoms. The van der Waals surface area contributed by atoms with Crippen molar-refractivity contribution >= 4 is 6.09 Å². The average molecular weight is 252 g/mol. The zero-order valence-corrected chi connectivity index (χ0v) is 11.2. The van der Waals surface area contributed by atoms with E-state index in [-0.39, 0.29) is 12.1 Å². The van der Waals surface area contributed by atoms with Crippen LogP contribution in [0.4, 0.5) is 4.79 Å². The number of rotatable bonds is 2. The van der Waals surface area contributed by atoms with Gasteiger partial charge >= 0.3 is 6.09 Å². The van der Waals surface area contributed by atoms with Crippen molar-refractivity contribution in [2.24, 2.45) is 17.0 Å². The van der Waals surface area contributed by atoms with E-state index in [1.54, 1.807) is 4.90 Å². The average Bonchev–Trinajstić information content (AvgIpc) is 2.98. The van der Waals surface area contributed by atoms with Gasteiger partial charge in [-0.2, -0.15) is 0 Å². The van der Waals surface area contributed by atoms with Crippen LogP contribution in [0.15, 0.2) is 5.11 Å². The Balaban J connectivity index is 1.99. The maximum absolute atomic E-state index is 12.0. The van der Waals surface area contributed by atoms with Crippen molar-refractivity contribution in [3.8, 4) is 0 Å². The van der Waals surface area contributed by atoms with Gasteiger partial charge in [-0.25, -0.2) is 4.79 Å². The highest BCUT2D eigenvalue weighted by molar-refractivity contribution is 5.68. The SMILES string of the molecule is CC(C)(C)OC(=O)N1C[C@@H](N=[N+]=[N-])[C@H](C2CC2)C1. The van der Waals surface area contributed by atoms with E-state index in [1.807, 2.05) is 20.8 Å². The van der Waals surface area contributed by atoms with Crippen LogP contribution in [-0.4, -0.2) is 35.7 Å². The second-order valence-electron chi connectivity index (χ2n) is 6.16. The van der Waals surface area contributed by atoms with Crippen LogP contribution in [0.1, 0.15) is 33.6 Å². The maximum atomic E-state index is 12.0. The van der Waals surface area contributed by atoms with Crippen molar-refractivity contribution in [1.29, 1.82) is 0 Å². The fourth-order valence-electron chi connectivity index (χ4n) is 2.46. The van der Waals surface area contributed by atoms with Crippen LogP contribution in [0, 0.1) is 11.8 Å². The summed E-state index contributed by atoms with van der Waals surface area (Å²) in [6.07, 6.45) is 2.07. The van der Waals surface area contributed by atoms with Crippen molar-refractivity contribution in [2.75, 3.05) is 13.1 Å². The van der Waals surface area contributed by atoms with Gasteiger partial charge in [0.1, 0.15) is 5.60 Å². The number of likely N-dealkylation sites (tertiary alicyclic amines) is 1. The first-order valence-corrected chi connectivity index (χ1v) is 6.43. The number of carbonyl (C=O) groups excluding carboxylic acids is 1. The molecule has 0 spiro atoms. The summed E-state index contributed by atoms with van der Waals surface area (Å²) in [6.45, 7) is 6.70. The predicted octanol–water partition coefficient (Wildman–Crippen LogP) is 2.94. The summed E-state index contributed by atoms with van der Waals surface area (Å²) in [4.78, 5) is 16.5. The molecular weight excluding hydrogens is 232 g/mol. The zero-order valence-electron chi connectivity index (χ0n) is 11.2. The molecule has 1 aliphatic carbocycles. The highest BCUT2D eigenvalue weighted by atomic mass is 16.6. The molecule has 6 nitrogen and oxygen atoms in total. The first-order chi connectivity index (χ1) is 8.40. The summed E-state index contributed by atoms with van der Waals surface area (Å²) in [5.74, 6) is 0.932. The topological polar surface area (TPSA) is 78.3 Å². The fraction of sp³-hybridized carbons (Fsp3) is 0.917. The third kappa shape index (κ3) is 3.07. The second kappa shape index (κ2) is 4.69. The molecule has 1 heterocycles. The van der Waals surface area contributed by atoms with Gasteiger partial charge in [-0.15, -0.1) is 0 Å². The van der Waals surface area contributed by atoms with Crippen LogP contribution in [0.5, 0.6) is 0 Å². The van der Waals surface area contributed by atoms with Crippen molar-refractivity contribution < 1.29 is 9.53 Å². The van der Waals surface area contributed by atoms with Gasteiger partial charge < -0.3 is 9.64 Å². The Kier molecular flexibility index (Phi) is 3.39. The largest absolute Gasteiger partial charge is 0.444 e. The number of azide groups is 1. The number of ether oxygens (including phenoxy) is 1. The molecule has 2 aliphatic rings. The monoisotopic (exact) mass is 252 g/mol. The number of hydrogen-bond acceptors (Lipinski definition) is 3. The second-order valence-corrected chi connectivity index (χ2v) is 6.16. The van der Waals surface area contributed by atoms with E-state index in [2.05, 4.69) is 10.0 Å². The Bertz CT molecular complexity index is 380. The summed E-state index contributed by atoms with van der Waals surface area (Å²) in [6, 6.07) is -0.0879. The molecular formula is C12H20N4O2. The van der Waals surface area contributed by atoms with E-state index >= 15 is 0 Å². The summed E-state index contributed by atoms with van der Waals surface area (Å²) < 4.78 is 5.35. The normalized spacial score (nSPS) is 27.8. The molecule has 0 aromatic heterocycles. The van der Waals surface area contributed by atoms with Gasteiger partial charge in [0.15, 0.2) is 0 Å². The smallest absolute Gasteiger partial charge is 0.410 e. The molecule has 2 rings (SSSR count). The molecule has 2 fully saturated rings. The number of hydrogen-bond donors (Lipinski definition) is 0. The Morgan fingerprint density at radius 3 is 2.56 bits per heavy atom. The minimum Gasteiger partial charge on any atom is -0.444 e. The van der Waals surface area contributed by atoms with Crippen LogP contribution < -0.4 is 0 Å². The summed E-state index contributed by atoms with van der Waals surface area (Å²) in [7, 11) is 0. The maximum Gasteiger partial charge on any atom is 0.410 e. The Morgan fingerprint density at radius 1 is 1.39 bits per heavy atom. The Hall–Kier alpha value is -1.42. The van der Waals surface area contributed by atoms with E-state index in [0.29, 0.717) is 24.9 Å². The first kappa shape index (κ1) is 13.0. The zero-order chi connectivity index (χ0) is 13.3. The van der Waals surface area contributed by atoms with Gasteiger partial charge in [0.05, 0.1) is 6.04 Å². The molecule has 1 saturated carbocycles. The predicted molar refractivity (Wildman–Crippen MR) is 67.0 cm³/mol. The Labute approximate surface area is 107 Å². The van der Waals surface area contributed by atoms with Crippen LogP contribution in [-0.2, 0) is 4.74 Å². The summed E-state index contributed by atoms with van der Waals surface area (Å²) in [5, 5.41) is 3.83. The highest BCUT2D eigenvalue weighted by Gasteiger charge is 2.44. The lowest BCUT2D eigenvalue weighted by Crippen LogP contribution is -2.35. The Morgan fingerprint density at radius 2 is 2.06 bits per heavy atom. The molecule has 0 unspecified atom stereocenters. The molecule has 0 N–H and O–H groups in total. The van der Waals surface area contributed by atoms with E-state index < -0.39 is 5.60 Å². The van der Waals surface area contributed by atoms with Gasteiger partial charge in [-0.05, 0) is 51.0 Å². The molecule has 0 aromatic rings. The fourth-order valence-corrected chi connectivity index (χ4v) is 2.46. The number of amides is 1. The minimum absolute atomic E-state index is 0.0879. The first-order valence-electron chi connectivity index (χ1n) is 6.43.